The van der Waals surface area contributed by atoms with E-state index in [4.69, 9.17) is 28.5 Å². The van der Waals surface area contributed by atoms with E-state index in [0.29, 0.717) is 28.7 Å². The summed E-state index contributed by atoms with van der Waals surface area (Å²) in [4.78, 5) is 0. The Bertz CT molecular complexity index is 680. The van der Waals surface area contributed by atoms with Gasteiger partial charge in [0.1, 0.15) is 11.9 Å². The summed E-state index contributed by atoms with van der Waals surface area (Å²) in [7, 11) is 0. The van der Waals surface area contributed by atoms with Gasteiger partial charge in [0.25, 0.3) is 0 Å². The van der Waals surface area contributed by atoms with Crippen molar-refractivity contribution in [3.05, 3.63) is 69.0 Å². The fourth-order valence-electron chi connectivity index (χ4n) is 1.97. The van der Waals surface area contributed by atoms with Gasteiger partial charge in [-0.2, -0.15) is 5.26 Å². The lowest BCUT2D eigenvalue weighted by Gasteiger charge is -2.08. The minimum atomic E-state index is -0.461. The molecule has 0 heterocycles. The molecule has 0 radical (unpaired) electrons. The maximum absolute atomic E-state index is 13.8. The van der Waals surface area contributed by atoms with Gasteiger partial charge in [-0.1, -0.05) is 41.4 Å². The van der Waals surface area contributed by atoms with Crippen LogP contribution in [0, 0.1) is 17.1 Å². The lowest BCUT2D eigenvalue weighted by Crippen LogP contribution is -2.17. The molecule has 2 aromatic rings. The molecule has 0 spiro atoms. The van der Waals surface area contributed by atoms with Crippen molar-refractivity contribution in [3.63, 3.8) is 0 Å². The van der Waals surface area contributed by atoms with E-state index in [9.17, 15) is 4.39 Å². The zero-order valence-electron chi connectivity index (χ0n) is 11.2. The zero-order valence-corrected chi connectivity index (χ0v) is 12.7. The number of nitrogens with one attached hydrogen (secondary N) is 1. The Morgan fingerprint density at radius 1 is 1.14 bits per heavy atom. The van der Waals surface area contributed by atoms with Crippen LogP contribution in [0.25, 0.3) is 0 Å². The number of halogens is 3. The summed E-state index contributed by atoms with van der Waals surface area (Å²) in [6, 6.07) is 12.0. The molecule has 5 heteroatoms. The van der Waals surface area contributed by atoms with Crippen LogP contribution in [0.3, 0.4) is 0 Å². The highest BCUT2D eigenvalue weighted by molar-refractivity contribution is 6.35. The molecule has 2 nitrogen and oxygen atoms in total. The lowest BCUT2D eigenvalue weighted by molar-refractivity contribution is 0.585. The summed E-state index contributed by atoms with van der Waals surface area (Å²) in [6.45, 7) is 1.02. The van der Waals surface area contributed by atoms with Gasteiger partial charge >= 0.3 is 0 Å². The van der Waals surface area contributed by atoms with Crippen molar-refractivity contribution in [3.8, 4) is 6.07 Å². The van der Waals surface area contributed by atoms with Crippen LogP contribution >= 0.6 is 23.2 Å². The Morgan fingerprint density at radius 2 is 1.95 bits per heavy atom. The molecule has 0 saturated heterocycles. The number of hydrogen-bond donors (Lipinski definition) is 1. The summed E-state index contributed by atoms with van der Waals surface area (Å²) in [5, 5.41) is 13.2. The minimum absolute atomic E-state index is 0.0649. The van der Waals surface area contributed by atoms with E-state index >= 15 is 0 Å². The van der Waals surface area contributed by atoms with E-state index in [1.54, 1.807) is 24.3 Å². The number of nitriles is 1. The van der Waals surface area contributed by atoms with Crippen molar-refractivity contribution >= 4 is 23.2 Å². The average Bonchev–Trinajstić information content (AvgIpc) is 2.47. The van der Waals surface area contributed by atoms with Crippen molar-refractivity contribution in [2.75, 3.05) is 6.54 Å². The molecule has 2 aromatic carbocycles. The fourth-order valence-corrected chi connectivity index (χ4v) is 2.48. The summed E-state index contributed by atoms with van der Waals surface area (Å²) in [5.41, 5.74) is 1.53. The molecule has 0 aromatic heterocycles. The Labute approximate surface area is 133 Å². The predicted octanol–water partition coefficient (Wildman–Crippen LogP) is 4.34. The van der Waals surface area contributed by atoms with Gasteiger partial charge in [0, 0.05) is 22.2 Å². The van der Waals surface area contributed by atoms with Crippen molar-refractivity contribution in [1.82, 2.24) is 5.32 Å². The molecule has 21 heavy (non-hydrogen) atoms. The molecular weight excluding hydrogens is 310 g/mol. The van der Waals surface area contributed by atoms with Gasteiger partial charge in [0.05, 0.1) is 5.56 Å². The van der Waals surface area contributed by atoms with E-state index in [1.165, 1.54) is 6.07 Å². The zero-order chi connectivity index (χ0) is 15.2. The third-order valence-corrected chi connectivity index (χ3v) is 3.69. The average molecular weight is 323 g/mol. The van der Waals surface area contributed by atoms with Gasteiger partial charge in [-0.3, -0.25) is 0 Å². The van der Waals surface area contributed by atoms with E-state index < -0.39 is 5.82 Å². The highest BCUT2D eigenvalue weighted by Crippen LogP contribution is 2.21. The first kappa shape index (κ1) is 15.8. The van der Waals surface area contributed by atoms with Gasteiger partial charge in [-0.25, -0.2) is 4.39 Å². The molecule has 0 aliphatic rings. The Kier molecular flexibility index (Phi) is 5.58. The third-order valence-electron chi connectivity index (χ3n) is 3.10. The van der Waals surface area contributed by atoms with E-state index in [2.05, 4.69) is 5.32 Å². The van der Waals surface area contributed by atoms with Crippen molar-refractivity contribution < 1.29 is 4.39 Å². The molecule has 0 unspecified atom stereocenters. The van der Waals surface area contributed by atoms with Crippen molar-refractivity contribution in [2.24, 2.45) is 0 Å². The van der Waals surface area contributed by atoms with Crippen molar-refractivity contribution in [2.45, 2.75) is 13.0 Å². The third kappa shape index (κ3) is 4.18. The Hall–Kier alpha value is -1.60. The summed E-state index contributed by atoms with van der Waals surface area (Å²) >= 11 is 11.9. The quantitative estimate of drug-likeness (QED) is 0.831. The van der Waals surface area contributed by atoms with E-state index in [0.717, 1.165) is 12.0 Å². The first-order chi connectivity index (χ1) is 10.1. The maximum atomic E-state index is 13.8. The molecule has 0 aliphatic heterocycles. The van der Waals surface area contributed by atoms with Gasteiger partial charge in [0.15, 0.2) is 0 Å². The van der Waals surface area contributed by atoms with E-state index in [1.807, 2.05) is 12.1 Å². The molecule has 0 amide bonds. The van der Waals surface area contributed by atoms with Crippen LogP contribution in [0.4, 0.5) is 4.39 Å². The summed E-state index contributed by atoms with van der Waals surface area (Å²) in [6.07, 6.45) is 0.718. The molecule has 108 valence electrons. The Morgan fingerprint density at radius 3 is 2.67 bits per heavy atom. The molecule has 1 N–H and O–H groups in total. The highest BCUT2D eigenvalue weighted by atomic mass is 35.5. The molecule has 2 rings (SSSR count). The van der Waals surface area contributed by atoms with Gasteiger partial charge in [0.2, 0.25) is 0 Å². The molecule has 0 saturated carbocycles. The number of nitrogens with zero attached hydrogens (tertiary/aromatic N) is 1. The molecule has 0 aliphatic carbocycles. The standard InChI is InChI=1S/C16H13Cl2FN2/c17-14-5-4-11(15(18)8-14)6-7-21-10-13-3-1-2-12(9-20)16(13)19/h1-5,8,21H,6-7,10H2. The van der Waals surface area contributed by atoms with Gasteiger partial charge < -0.3 is 5.32 Å². The molecular formula is C16H13Cl2FN2. The van der Waals surface area contributed by atoms with Crippen molar-refractivity contribution in [1.29, 1.82) is 5.26 Å². The second kappa shape index (κ2) is 7.42. The topological polar surface area (TPSA) is 35.8 Å². The summed E-state index contributed by atoms with van der Waals surface area (Å²) < 4.78 is 13.8. The number of benzene rings is 2. The normalized spacial score (nSPS) is 10.4. The van der Waals surface area contributed by atoms with E-state index in [-0.39, 0.29) is 5.56 Å². The smallest absolute Gasteiger partial charge is 0.145 e. The van der Waals surface area contributed by atoms with Crippen LogP contribution in [0.15, 0.2) is 36.4 Å². The minimum Gasteiger partial charge on any atom is -0.312 e. The SMILES string of the molecule is N#Cc1cccc(CNCCc2ccc(Cl)cc2Cl)c1F. The second-order valence-electron chi connectivity index (χ2n) is 4.55. The first-order valence-electron chi connectivity index (χ1n) is 6.44. The second-order valence-corrected chi connectivity index (χ2v) is 5.40. The Balaban J connectivity index is 1.89. The monoisotopic (exact) mass is 322 g/mol. The van der Waals surface area contributed by atoms with Crippen LogP contribution < -0.4 is 5.32 Å². The molecule has 0 bridgehead atoms. The fraction of sp³-hybridized carbons (Fsp3) is 0.188. The molecule has 0 atom stereocenters. The van der Waals surface area contributed by atoms with Crippen LogP contribution in [-0.2, 0) is 13.0 Å². The van der Waals surface area contributed by atoms with Crippen LogP contribution in [0.5, 0.6) is 0 Å². The lowest BCUT2D eigenvalue weighted by atomic mass is 10.1. The highest BCUT2D eigenvalue weighted by Gasteiger charge is 2.07. The van der Waals surface area contributed by atoms with Crippen LogP contribution in [-0.4, -0.2) is 6.54 Å². The van der Waals surface area contributed by atoms with Crippen LogP contribution in [0.2, 0.25) is 10.0 Å². The molecule has 0 fully saturated rings. The van der Waals surface area contributed by atoms with Gasteiger partial charge in [-0.15, -0.1) is 0 Å². The first-order valence-corrected chi connectivity index (χ1v) is 7.19. The van der Waals surface area contributed by atoms with Gasteiger partial charge in [-0.05, 0) is 36.7 Å². The largest absolute Gasteiger partial charge is 0.312 e. The summed E-state index contributed by atoms with van der Waals surface area (Å²) in [5.74, 6) is -0.461. The number of rotatable bonds is 5. The van der Waals surface area contributed by atoms with Crippen LogP contribution in [0.1, 0.15) is 16.7 Å². The predicted molar refractivity (Wildman–Crippen MR) is 83.0 cm³/mol. The number of hydrogen-bond acceptors (Lipinski definition) is 2. The maximum Gasteiger partial charge on any atom is 0.145 e.